The number of hydrogen-bond donors (Lipinski definition) is 1. The largest absolute Gasteiger partial charge is 0.508 e. The Bertz CT molecular complexity index is 1040. The lowest BCUT2D eigenvalue weighted by Gasteiger charge is -2.09. The molecule has 0 amide bonds. The summed E-state index contributed by atoms with van der Waals surface area (Å²) in [5, 5.41) is 8.63. The van der Waals surface area contributed by atoms with Gasteiger partial charge in [-0.05, 0) is 48.5 Å². The van der Waals surface area contributed by atoms with Crippen molar-refractivity contribution in [2.24, 2.45) is 0 Å². The van der Waals surface area contributed by atoms with E-state index in [1.165, 1.54) is 12.1 Å². The number of hydrogen-bond acceptors (Lipinski definition) is 5. The molecule has 4 aromatic carbocycles. The predicted octanol–water partition coefficient (Wildman–Crippen LogP) is 5.52. The normalized spacial score (nSPS) is 9.68. The molecule has 4 rings (SSSR count). The van der Waals surface area contributed by atoms with Gasteiger partial charge in [0.05, 0.1) is 11.1 Å². The second-order valence-electron chi connectivity index (χ2n) is 6.29. The van der Waals surface area contributed by atoms with Crippen molar-refractivity contribution >= 4 is 11.9 Å². The predicted molar refractivity (Wildman–Crippen MR) is 117 cm³/mol. The second-order valence-corrected chi connectivity index (χ2v) is 6.29. The zero-order chi connectivity index (χ0) is 21.9. The SMILES string of the molecule is O=C(Oc1ccccc1)c1ccccc1C(=O)Oc1ccccc1.Oc1ccccc1. The zero-order valence-corrected chi connectivity index (χ0v) is 16.5. The maximum atomic E-state index is 12.4. The van der Waals surface area contributed by atoms with Crippen LogP contribution in [0.15, 0.2) is 115 Å². The van der Waals surface area contributed by atoms with Gasteiger partial charge in [0, 0.05) is 0 Å². The first-order valence-corrected chi connectivity index (χ1v) is 9.51. The summed E-state index contributed by atoms with van der Waals surface area (Å²) in [6.07, 6.45) is 0. The minimum absolute atomic E-state index is 0.155. The first-order valence-electron chi connectivity index (χ1n) is 9.51. The smallest absolute Gasteiger partial charge is 0.344 e. The highest BCUT2D eigenvalue weighted by atomic mass is 16.5. The summed E-state index contributed by atoms with van der Waals surface area (Å²) < 4.78 is 10.6. The van der Waals surface area contributed by atoms with Gasteiger partial charge in [0.2, 0.25) is 0 Å². The van der Waals surface area contributed by atoms with Gasteiger partial charge in [-0.1, -0.05) is 66.7 Å². The van der Waals surface area contributed by atoms with Crippen LogP contribution in [-0.4, -0.2) is 17.0 Å². The van der Waals surface area contributed by atoms with E-state index in [9.17, 15) is 9.59 Å². The van der Waals surface area contributed by atoms with Gasteiger partial charge in [0.15, 0.2) is 0 Å². The van der Waals surface area contributed by atoms with E-state index in [0.717, 1.165) is 0 Å². The van der Waals surface area contributed by atoms with Crippen LogP contribution in [0.1, 0.15) is 20.7 Å². The van der Waals surface area contributed by atoms with Crippen molar-refractivity contribution in [1.29, 1.82) is 0 Å². The Balaban J connectivity index is 0.000000330. The van der Waals surface area contributed by atoms with E-state index in [0.29, 0.717) is 17.2 Å². The van der Waals surface area contributed by atoms with Gasteiger partial charge < -0.3 is 14.6 Å². The van der Waals surface area contributed by atoms with Crippen LogP contribution in [0.3, 0.4) is 0 Å². The number of ether oxygens (including phenoxy) is 2. The Labute approximate surface area is 180 Å². The van der Waals surface area contributed by atoms with Gasteiger partial charge in [-0.3, -0.25) is 0 Å². The molecule has 0 bridgehead atoms. The molecule has 5 heteroatoms. The monoisotopic (exact) mass is 412 g/mol. The van der Waals surface area contributed by atoms with Crippen LogP contribution in [-0.2, 0) is 0 Å². The maximum absolute atomic E-state index is 12.4. The fraction of sp³-hybridized carbons (Fsp3) is 0. The van der Waals surface area contributed by atoms with Crippen LogP contribution in [0.4, 0.5) is 0 Å². The Hall–Kier alpha value is -4.38. The van der Waals surface area contributed by atoms with Crippen LogP contribution in [0.5, 0.6) is 17.2 Å². The Morgan fingerprint density at radius 3 is 1.13 bits per heavy atom. The summed E-state index contributed by atoms with van der Waals surface area (Å²) in [5.74, 6) is -0.0754. The maximum Gasteiger partial charge on any atom is 0.344 e. The zero-order valence-electron chi connectivity index (χ0n) is 16.5. The number of rotatable bonds is 4. The van der Waals surface area contributed by atoms with Crippen molar-refractivity contribution in [2.75, 3.05) is 0 Å². The minimum Gasteiger partial charge on any atom is -0.508 e. The fourth-order valence-corrected chi connectivity index (χ4v) is 2.57. The summed E-state index contributed by atoms with van der Waals surface area (Å²) >= 11 is 0. The highest BCUT2D eigenvalue weighted by Gasteiger charge is 2.20. The van der Waals surface area contributed by atoms with Crippen molar-refractivity contribution in [3.8, 4) is 17.2 Å². The van der Waals surface area contributed by atoms with Crippen LogP contribution in [0, 0.1) is 0 Å². The Kier molecular flexibility index (Phi) is 7.55. The number of esters is 2. The summed E-state index contributed by atoms with van der Waals surface area (Å²) in [4.78, 5) is 24.7. The Morgan fingerprint density at radius 1 is 0.484 bits per heavy atom. The standard InChI is InChI=1S/C20H14O4.C6H6O/c21-19(23-15-9-3-1-4-10-15)17-13-7-8-14-18(17)20(22)24-16-11-5-2-6-12-16;7-6-4-2-1-3-5-6/h1-14H;1-5,7H. The van der Waals surface area contributed by atoms with E-state index in [-0.39, 0.29) is 11.1 Å². The number of para-hydroxylation sites is 3. The molecule has 5 nitrogen and oxygen atoms in total. The average molecular weight is 412 g/mol. The molecule has 0 heterocycles. The molecule has 0 saturated carbocycles. The highest BCUT2D eigenvalue weighted by Crippen LogP contribution is 2.17. The lowest BCUT2D eigenvalue weighted by Crippen LogP contribution is -2.17. The molecule has 0 saturated heterocycles. The summed E-state index contributed by atoms with van der Waals surface area (Å²) in [6, 6.07) is 32.5. The summed E-state index contributed by atoms with van der Waals surface area (Å²) in [6.45, 7) is 0. The van der Waals surface area contributed by atoms with E-state index in [1.54, 1.807) is 84.9 Å². The first kappa shape index (κ1) is 21.3. The van der Waals surface area contributed by atoms with Crippen molar-refractivity contribution in [1.82, 2.24) is 0 Å². The minimum atomic E-state index is -0.609. The highest BCUT2D eigenvalue weighted by molar-refractivity contribution is 6.04. The molecule has 0 aliphatic carbocycles. The van der Waals surface area contributed by atoms with E-state index < -0.39 is 11.9 Å². The number of phenolic OH excluding ortho intramolecular Hbond substituents is 1. The molecular weight excluding hydrogens is 392 g/mol. The van der Waals surface area contributed by atoms with E-state index in [4.69, 9.17) is 14.6 Å². The van der Waals surface area contributed by atoms with Crippen molar-refractivity contribution < 1.29 is 24.2 Å². The summed E-state index contributed by atoms with van der Waals surface area (Å²) in [7, 11) is 0. The van der Waals surface area contributed by atoms with Gasteiger partial charge in [-0.2, -0.15) is 0 Å². The number of aromatic hydroxyl groups is 1. The van der Waals surface area contributed by atoms with Crippen molar-refractivity contribution in [3.05, 3.63) is 126 Å². The third-order valence-electron chi connectivity index (χ3n) is 4.03. The molecule has 0 radical (unpaired) electrons. The van der Waals surface area contributed by atoms with Crippen LogP contribution >= 0.6 is 0 Å². The Morgan fingerprint density at radius 2 is 0.806 bits per heavy atom. The molecule has 0 aliphatic heterocycles. The van der Waals surface area contributed by atoms with Crippen LogP contribution in [0.25, 0.3) is 0 Å². The van der Waals surface area contributed by atoms with Gasteiger partial charge in [0.25, 0.3) is 0 Å². The molecule has 31 heavy (non-hydrogen) atoms. The van der Waals surface area contributed by atoms with Gasteiger partial charge in [-0.15, -0.1) is 0 Å². The van der Waals surface area contributed by atoms with Gasteiger partial charge in [0.1, 0.15) is 17.2 Å². The molecule has 0 atom stereocenters. The molecular formula is C26H20O5. The second kappa shape index (κ2) is 11.0. The molecule has 0 aliphatic rings. The first-order chi connectivity index (χ1) is 15.1. The molecule has 0 spiro atoms. The quantitative estimate of drug-likeness (QED) is 0.353. The van der Waals surface area contributed by atoms with Crippen LogP contribution in [0.2, 0.25) is 0 Å². The molecule has 154 valence electrons. The number of carbonyl (C=O) groups excluding carboxylic acids is 2. The third-order valence-corrected chi connectivity index (χ3v) is 4.03. The summed E-state index contributed by atoms with van der Waals surface area (Å²) in [5.41, 5.74) is 0.310. The van der Waals surface area contributed by atoms with Crippen molar-refractivity contribution in [3.63, 3.8) is 0 Å². The van der Waals surface area contributed by atoms with E-state index >= 15 is 0 Å². The van der Waals surface area contributed by atoms with Gasteiger partial charge >= 0.3 is 11.9 Å². The molecule has 1 N–H and O–H groups in total. The fourth-order valence-electron chi connectivity index (χ4n) is 2.57. The molecule has 0 unspecified atom stereocenters. The molecule has 0 aromatic heterocycles. The number of phenols is 1. The van der Waals surface area contributed by atoms with Crippen molar-refractivity contribution in [2.45, 2.75) is 0 Å². The number of benzene rings is 4. The van der Waals surface area contributed by atoms with Crippen LogP contribution < -0.4 is 9.47 Å². The molecule has 0 fully saturated rings. The average Bonchev–Trinajstić information content (AvgIpc) is 2.81. The van der Waals surface area contributed by atoms with E-state index in [2.05, 4.69) is 0 Å². The van der Waals surface area contributed by atoms with E-state index in [1.807, 2.05) is 18.2 Å². The topological polar surface area (TPSA) is 72.8 Å². The molecule has 4 aromatic rings. The lowest BCUT2D eigenvalue weighted by molar-refractivity contribution is 0.0692. The van der Waals surface area contributed by atoms with Gasteiger partial charge in [-0.25, -0.2) is 9.59 Å². The third kappa shape index (κ3) is 6.58. The number of carbonyl (C=O) groups is 2. The lowest BCUT2D eigenvalue weighted by atomic mass is 10.1.